The summed E-state index contributed by atoms with van der Waals surface area (Å²) in [6.45, 7) is 6.88. The summed E-state index contributed by atoms with van der Waals surface area (Å²) in [5, 5.41) is 3.28. The SMILES string of the molecule is CCOC(=O)C1(NC)CCCC(N(CC)CC2CC2)C1. The lowest BCUT2D eigenvalue weighted by molar-refractivity contribution is -0.153. The molecule has 0 aromatic rings. The fourth-order valence-corrected chi connectivity index (χ4v) is 3.51. The Morgan fingerprint density at radius 2 is 2.10 bits per heavy atom. The summed E-state index contributed by atoms with van der Waals surface area (Å²) in [7, 11) is 1.90. The number of esters is 1. The summed E-state index contributed by atoms with van der Waals surface area (Å²) in [5.41, 5.74) is -0.462. The molecule has 116 valence electrons. The lowest BCUT2D eigenvalue weighted by Gasteiger charge is -2.43. The molecule has 20 heavy (non-hydrogen) atoms. The normalized spacial score (nSPS) is 30.5. The highest BCUT2D eigenvalue weighted by molar-refractivity contribution is 5.81. The molecule has 0 aromatic carbocycles. The highest BCUT2D eigenvalue weighted by Crippen LogP contribution is 2.35. The van der Waals surface area contributed by atoms with E-state index in [-0.39, 0.29) is 5.97 Å². The molecule has 2 saturated carbocycles. The zero-order chi connectivity index (χ0) is 14.6. The number of carbonyl (C=O) groups excluding carboxylic acids is 1. The van der Waals surface area contributed by atoms with Crippen molar-refractivity contribution in [3.05, 3.63) is 0 Å². The fraction of sp³-hybridized carbons (Fsp3) is 0.938. The molecule has 0 bridgehead atoms. The Morgan fingerprint density at radius 3 is 2.65 bits per heavy atom. The van der Waals surface area contributed by atoms with E-state index in [0.29, 0.717) is 12.6 Å². The number of likely N-dealkylation sites (N-methyl/N-ethyl adjacent to an activating group) is 1. The van der Waals surface area contributed by atoms with Gasteiger partial charge in [-0.15, -0.1) is 0 Å². The molecule has 2 rings (SSSR count). The van der Waals surface area contributed by atoms with Crippen LogP contribution in [0.25, 0.3) is 0 Å². The molecule has 2 atom stereocenters. The summed E-state index contributed by atoms with van der Waals surface area (Å²) in [5.74, 6) is 0.845. The zero-order valence-electron chi connectivity index (χ0n) is 13.3. The molecule has 4 heteroatoms. The van der Waals surface area contributed by atoms with E-state index in [9.17, 15) is 4.79 Å². The van der Waals surface area contributed by atoms with Crippen molar-refractivity contribution >= 4 is 5.97 Å². The second-order valence-corrected chi connectivity index (χ2v) is 6.33. The van der Waals surface area contributed by atoms with E-state index in [1.54, 1.807) is 0 Å². The molecule has 0 aliphatic heterocycles. The zero-order valence-corrected chi connectivity index (χ0v) is 13.3. The average Bonchev–Trinajstić information content (AvgIpc) is 3.29. The minimum atomic E-state index is -0.462. The van der Waals surface area contributed by atoms with Gasteiger partial charge in [-0.2, -0.15) is 0 Å². The van der Waals surface area contributed by atoms with Crippen LogP contribution >= 0.6 is 0 Å². The molecular formula is C16H30N2O2. The van der Waals surface area contributed by atoms with Gasteiger partial charge in [0.2, 0.25) is 0 Å². The molecule has 2 unspecified atom stereocenters. The van der Waals surface area contributed by atoms with Crippen LogP contribution in [-0.4, -0.2) is 49.2 Å². The van der Waals surface area contributed by atoms with Gasteiger partial charge in [0, 0.05) is 12.6 Å². The van der Waals surface area contributed by atoms with Crippen LogP contribution < -0.4 is 5.32 Å². The topological polar surface area (TPSA) is 41.6 Å². The van der Waals surface area contributed by atoms with Crippen LogP contribution in [0.1, 0.15) is 52.4 Å². The van der Waals surface area contributed by atoms with Crippen LogP contribution in [0.5, 0.6) is 0 Å². The van der Waals surface area contributed by atoms with Crippen molar-refractivity contribution in [3.63, 3.8) is 0 Å². The number of nitrogens with one attached hydrogen (secondary N) is 1. The van der Waals surface area contributed by atoms with Gasteiger partial charge < -0.3 is 15.0 Å². The third kappa shape index (κ3) is 3.53. The van der Waals surface area contributed by atoms with Crippen molar-refractivity contribution in [3.8, 4) is 0 Å². The van der Waals surface area contributed by atoms with E-state index in [0.717, 1.165) is 31.7 Å². The smallest absolute Gasteiger partial charge is 0.326 e. The summed E-state index contributed by atoms with van der Waals surface area (Å²) in [4.78, 5) is 14.9. The molecule has 0 spiro atoms. The first-order chi connectivity index (χ1) is 9.65. The standard InChI is InChI=1S/C16H30N2O2/c1-4-18(12-13-8-9-13)14-7-6-10-16(11-14,17-3)15(19)20-5-2/h13-14,17H,4-12H2,1-3H3. The van der Waals surface area contributed by atoms with Crippen LogP contribution in [0.3, 0.4) is 0 Å². The maximum Gasteiger partial charge on any atom is 0.326 e. The van der Waals surface area contributed by atoms with Crippen molar-refractivity contribution < 1.29 is 9.53 Å². The van der Waals surface area contributed by atoms with Crippen LogP contribution in [0, 0.1) is 5.92 Å². The van der Waals surface area contributed by atoms with Crippen LogP contribution in [0.15, 0.2) is 0 Å². The first-order valence-electron chi connectivity index (χ1n) is 8.25. The number of nitrogens with zero attached hydrogens (tertiary/aromatic N) is 1. The molecule has 2 fully saturated rings. The Kier molecular flexibility index (Phi) is 5.44. The van der Waals surface area contributed by atoms with Crippen molar-refractivity contribution in [2.75, 3.05) is 26.7 Å². The van der Waals surface area contributed by atoms with Gasteiger partial charge in [0.1, 0.15) is 5.54 Å². The Bertz CT molecular complexity index is 330. The van der Waals surface area contributed by atoms with E-state index < -0.39 is 5.54 Å². The van der Waals surface area contributed by atoms with Crippen molar-refractivity contribution in [1.29, 1.82) is 0 Å². The quantitative estimate of drug-likeness (QED) is 0.727. The molecule has 0 heterocycles. The molecule has 0 radical (unpaired) electrons. The molecule has 4 nitrogen and oxygen atoms in total. The maximum atomic E-state index is 12.3. The van der Waals surface area contributed by atoms with Gasteiger partial charge in [0.05, 0.1) is 6.61 Å². The highest BCUT2D eigenvalue weighted by atomic mass is 16.5. The van der Waals surface area contributed by atoms with E-state index in [2.05, 4.69) is 17.1 Å². The summed E-state index contributed by atoms with van der Waals surface area (Å²) < 4.78 is 5.31. The Hall–Kier alpha value is -0.610. The number of hydrogen-bond donors (Lipinski definition) is 1. The van der Waals surface area contributed by atoms with Crippen LogP contribution in [-0.2, 0) is 9.53 Å². The molecular weight excluding hydrogens is 252 g/mol. The first-order valence-corrected chi connectivity index (χ1v) is 8.25. The van der Waals surface area contributed by atoms with Crippen molar-refractivity contribution in [1.82, 2.24) is 10.2 Å². The van der Waals surface area contributed by atoms with E-state index in [4.69, 9.17) is 4.74 Å². The lowest BCUT2D eigenvalue weighted by atomic mass is 9.78. The summed E-state index contributed by atoms with van der Waals surface area (Å²) in [6.07, 6.45) is 6.88. The third-order valence-electron chi connectivity index (χ3n) is 4.98. The Labute approximate surface area is 123 Å². The predicted octanol–water partition coefficient (Wildman–Crippen LogP) is 2.18. The maximum absolute atomic E-state index is 12.3. The third-order valence-corrected chi connectivity index (χ3v) is 4.98. The average molecular weight is 282 g/mol. The monoisotopic (exact) mass is 282 g/mol. The molecule has 0 amide bonds. The van der Waals surface area contributed by atoms with Gasteiger partial charge in [-0.3, -0.25) is 4.79 Å². The van der Waals surface area contributed by atoms with Crippen molar-refractivity contribution in [2.45, 2.75) is 64.0 Å². The number of rotatable bonds is 7. The first kappa shape index (κ1) is 15.8. The molecule has 0 saturated heterocycles. The van der Waals surface area contributed by atoms with Crippen molar-refractivity contribution in [2.24, 2.45) is 5.92 Å². The van der Waals surface area contributed by atoms with Gasteiger partial charge in [-0.25, -0.2) is 0 Å². The highest BCUT2D eigenvalue weighted by Gasteiger charge is 2.44. The van der Waals surface area contributed by atoms with Crippen LogP contribution in [0.2, 0.25) is 0 Å². The van der Waals surface area contributed by atoms with E-state index in [1.165, 1.54) is 25.8 Å². The lowest BCUT2D eigenvalue weighted by Crippen LogP contribution is -2.58. The fourth-order valence-electron chi connectivity index (χ4n) is 3.51. The van der Waals surface area contributed by atoms with E-state index in [1.807, 2.05) is 14.0 Å². The molecule has 1 N–H and O–H groups in total. The van der Waals surface area contributed by atoms with Gasteiger partial charge >= 0.3 is 5.97 Å². The second-order valence-electron chi connectivity index (χ2n) is 6.33. The molecule has 2 aliphatic rings. The minimum Gasteiger partial charge on any atom is -0.465 e. The predicted molar refractivity (Wildman–Crippen MR) is 80.7 cm³/mol. The van der Waals surface area contributed by atoms with Gasteiger partial charge in [-0.05, 0) is 65.0 Å². The Balaban J connectivity index is 2.02. The van der Waals surface area contributed by atoms with Gasteiger partial charge in [0.15, 0.2) is 0 Å². The van der Waals surface area contributed by atoms with Gasteiger partial charge in [0.25, 0.3) is 0 Å². The minimum absolute atomic E-state index is 0.0605. The number of ether oxygens (including phenoxy) is 1. The summed E-state index contributed by atoms with van der Waals surface area (Å²) in [6, 6.07) is 0.520. The second kappa shape index (κ2) is 6.90. The molecule has 0 aromatic heterocycles. The molecule has 2 aliphatic carbocycles. The largest absolute Gasteiger partial charge is 0.465 e. The number of hydrogen-bond acceptors (Lipinski definition) is 4. The van der Waals surface area contributed by atoms with Crippen LogP contribution in [0.4, 0.5) is 0 Å². The summed E-state index contributed by atoms with van der Waals surface area (Å²) >= 11 is 0. The van der Waals surface area contributed by atoms with E-state index >= 15 is 0 Å². The Morgan fingerprint density at radius 1 is 1.35 bits per heavy atom. The van der Waals surface area contributed by atoms with Gasteiger partial charge in [-0.1, -0.05) is 6.92 Å². The number of carbonyl (C=O) groups is 1.